The summed E-state index contributed by atoms with van der Waals surface area (Å²) in [6.45, 7) is 4.36. The summed E-state index contributed by atoms with van der Waals surface area (Å²) in [5.74, 6) is 0.508. The Kier molecular flexibility index (Phi) is 12.4. The Morgan fingerprint density at radius 3 is 2.24 bits per heavy atom. The van der Waals surface area contributed by atoms with Crippen LogP contribution in [0, 0.1) is 13.8 Å². The number of amidine groups is 1. The van der Waals surface area contributed by atoms with E-state index in [2.05, 4.69) is 26.0 Å². The van der Waals surface area contributed by atoms with Crippen LogP contribution in [0.3, 0.4) is 0 Å². The highest BCUT2D eigenvalue weighted by Crippen LogP contribution is 2.48. The molecule has 260 valence electrons. The van der Waals surface area contributed by atoms with Crippen LogP contribution in [0.25, 0.3) is 0 Å². The van der Waals surface area contributed by atoms with Gasteiger partial charge in [0.05, 0.1) is 55.2 Å². The molecule has 0 bridgehead atoms. The molecular weight excluding hydrogens is 769 g/mol. The first kappa shape index (κ1) is 37.5. The molecule has 0 aromatic heterocycles. The number of rotatable bonds is 11. The third kappa shape index (κ3) is 8.57. The molecule has 10 nitrogen and oxygen atoms in total. The second kappa shape index (κ2) is 16.5. The van der Waals surface area contributed by atoms with Gasteiger partial charge < -0.3 is 14.8 Å². The maximum Gasteiger partial charge on any atom is 0.280 e. The molecule has 1 fully saturated rings. The number of ether oxygens (including phenoxy) is 2. The van der Waals surface area contributed by atoms with E-state index in [0.29, 0.717) is 30.2 Å². The lowest BCUT2D eigenvalue weighted by Crippen LogP contribution is -2.36. The number of hydrogen-bond donors (Lipinski definition) is 2. The number of aryl methyl sites for hydroxylation is 2. The van der Waals surface area contributed by atoms with E-state index in [-0.39, 0.29) is 59.7 Å². The molecule has 0 saturated carbocycles. The largest absolute Gasteiger partial charge is 0.497 e. The lowest BCUT2D eigenvalue weighted by Gasteiger charge is -2.21. The van der Waals surface area contributed by atoms with Gasteiger partial charge in [-0.3, -0.25) is 15.0 Å². The van der Waals surface area contributed by atoms with Crippen molar-refractivity contribution in [3.63, 3.8) is 0 Å². The number of nitrogens with zero attached hydrogens (tertiary/aromatic N) is 4. The molecule has 1 heterocycles. The van der Waals surface area contributed by atoms with Crippen LogP contribution in [0.4, 0.5) is 22.7 Å². The number of anilines is 2. The molecule has 1 unspecified atom stereocenters. The van der Waals surface area contributed by atoms with Crippen LogP contribution in [0.15, 0.2) is 75.9 Å². The zero-order chi connectivity index (χ0) is 36.1. The SMILES string of the molecule is COc1ccc(N=NC2C(=O)N(c3c(Cl)c(Cl)c(Cl)c(Cl)c3Cl)NC2=Nc2cc(NC(=O)CCCOc3ccc(C)cc3C)ccc2Cl)cc1. The van der Waals surface area contributed by atoms with E-state index in [9.17, 15) is 9.59 Å². The molecular formula is C34H28Cl6N6O4. The van der Waals surface area contributed by atoms with E-state index in [1.165, 1.54) is 7.11 Å². The first-order chi connectivity index (χ1) is 23.9. The van der Waals surface area contributed by atoms with Crippen molar-refractivity contribution in [3.8, 4) is 11.5 Å². The van der Waals surface area contributed by atoms with E-state index >= 15 is 0 Å². The molecule has 1 saturated heterocycles. The van der Waals surface area contributed by atoms with Gasteiger partial charge in [-0.05, 0) is 74.4 Å². The van der Waals surface area contributed by atoms with Crippen LogP contribution in [0.5, 0.6) is 11.5 Å². The van der Waals surface area contributed by atoms with Gasteiger partial charge in [0.2, 0.25) is 11.9 Å². The molecule has 0 aliphatic carbocycles. The molecule has 1 aliphatic rings. The summed E-state index contributed by atoms with van der Waals surface area (Å²) in [5.41, 5.74) is 6.07. The Balaban J connectivity index is 1.39. The van der Waals surface area contributed by atoms with Gasteiger partial charge in [0, 0.05) is 12.1 Å². The summed E-state index contributed by atoms with van der Waals surface area (Å²) in [6.07, 6.45) is 0.707. The number of carbonyl (C=O) groups excluding carboxylic acids is 2. The number of carbonyl (C=O) groups is 2. The normalized spacial score (nSPS) is 15.1. The lowest BCUT2D eigenvalue weighted by molar-refractivity contribution is -0.118. The number of aliphatic imine (C=N–C) groups is 1. The average molecular weight is 797 g/mol. The Morgan fingerprint density at radius 1 is 0.900 bits per heavy atom. The van der Waals surface area contributed by atoms with E-state index in [4.69, 9.17) is 79.1 Å². The number of hydrazine groups is 1. The van der Waals surface area contributed by atoms with Gasteiger partial charge in [0.15, 0.2) is 5.84 Å². The molecule has 5 rings (SSSR count). The maximum atomic E-state index is 13.9. The fourth-order valence-electron chi connectivity index (χ4n) is 4.79. The molecule has 2 amide bonds. The number of methoxy groups -OCH3 is 1. The van der Waals surface area contributed by atoms with Gasteiger partial charge in [0.1, 0.15) is 17.2 Å². The highest BCUT2D eigenvalue weighted by atomic mass is 35.5. The Bertz CT molecular complexity index is 1980. The van der Waals surface area contributed by atoms with Crippen molar-refractivity contribution in [2.45, 2.75) is 32.7 Å². The molecule has 1 aliphatic heterocycles. The minimum Gasteiger partial charge on any atom is -0.497 e. The van der Waals surface area contributed by atoms with Crippen molar-refractivity contribution < 1.29 is 19.1 Å². The summed E-state index contributed by atoms with van der Waals surface area (Å²) in [6, 6.07) is 16.1. The van der Waals surface area contributed by atoms with Crippen LogP contribution in [-0.4, -0.2) is 37.4 Å². The van der Waals surface area contributed by atoms with Gasteiger partial charge in [0.25, 0.3) is 5.91 Å². The molecule has 4 aromatic carbocycles. The molecule has 4 aromatic rings. The van der Waals surface area contributed by atoms with Crippen molar-refractivity contribution >= 4 is 110 Å². The summed E-state index contributed by atoms with van der Waals surface area (Å²) >= 11 is 38.3. The first-order valence-electron chi connectivity index (χ1n) is 14.9. The maximum absolute atomic E-state index is 13.9. The molecule has 2 N–H and O–H groups in total. The van der Waals surface area contributed by atoms with Crippen molar-refractivity contribution in [2.24, 2.45) is 15.2 Å². The molecule has 0 radical (unpaired) electrons. The van der Waals surface area contributed by atoms with Gasteiger partial charge >= 0.3 is 0 Å². The monoisotopic (exact) mass is 794 g/mol. The summed E-state index contributed by atoms with van der Waals surface area (Å²) in [5, 5.41) is 12.0. The van der Waals surface area contributed by atoms with E-state index in [1.807, 2.05) is 32.0 Å². The average Bonchev–Trinajstić information content (AvgIpc) is 3.39. The summed E-state index contributed by atoms with van der Waals surface area (Å²) < 4.78 is 11.0. The van der Waals surface area contributed by atoms with E-state index in [0.717, 1.165) is 21.9 Å². The fraction of sp³-hybridized carbons (Fsp3) is 0.206. The predicted molar refractivity (Wildman–Crippen MR) is 201 cm³/mol. The molecule has 16 heteroatoms. The third-order valence-corrected chi connectivity index (χ3v) is 9.89. The smallest absolute Gasteiger partial charge is 0.280 e. The third-order valence-electron chi connectivity index (χ3n) is 7.32. The molecule has 0 spiro atoms. The molecule has 50 heavy (non-hydrogen) atoms. The van der Waals surface area contributed by atoms with Crippen molar-refractivity contribution in [1.82, 2.24) is 5.43 Å². The van der Waals surface area contributed by atoms with Gasteiger partial charge in [-0.1, -0.05) is 87.3 Å². The zero-order valence-corrected chi connectivity index (χ0v) is 31.2. The van der Waals surface area contributed by atoms with Crippen LogP contribution < -0.4 is 25.2 Å². The number of hydrogen-bond acceptors (Lipinski definition) is 7. The van der Waals surface area contributed by atoms with Crippen molar-refractivity contribution in [3.05, 3.63) is 102 Å². The highest BCUT2D eigenvalue weighted by Gasteiger charge is 2.42. The second-order valence-electron chi connectivity index (χ2n) is 11.0. The van der Waals surface area contributed by atoms with E-state index < -0.39 is 11.9 Å². The topological polar surface area (TPSA) is 117 Å². The zero-order valence-electron chi connectivity index (χ0n) is 26.7. The van der Waals surface area contributed by atoms with Crippen LogP contribution in [0.2, 0.25) is 30.1 Å². The quantitative estimate of drug-likeness (QED) is 0.0678. The number of nitrogens with one attached hydrogen (secondary N) is 2. The predicted octanol–water partition coefficient (Wildman–Crippen LogP) is 10.8. The standard InChI is InChI=1S/C34H28Cl6N6O4/c1-17-6-13-24(18(2)15-17)50-14-4-5-25(47)41-20-9-12-22(35)23(16-20)42-33-31(44-43-19-7-10-21(49-3)11-8-19)34(48)46(45-33)32-29(39)27(37)26(36)28(38)30(32)40/h6-13,15-16,31H,4-5,14H2,1-3H3,(H,41,47)(H,42,45). The Labute approximate surface area is 318 Å². The number of amides is 2. The van der Waals surface area contributed by atoms with Gasteiger partial charge in [-0.2, -0.15) is 10.2 Å². The minimum atomic E-state index is -1.32. The van der Waals surface area contributed by atoms with Gasteiger partial charge in [-0.25, -0.2) is 10.0 Å². The number of halogens is 6. The second-order valence-corrected chi connectivity index (χ2v) is 13.2. The number of azo groups is 1. The number of benzene rings is 4. The minimum absolute atomic E-state index is 0.00974. The lowest BCUT2D eigenvalue weighted by atomic mass is 10.1. The summed E-state index contributed by atoms with van der Waals surface area (Å²) in [4.78, 5) is 31.2. The van der Waals surface area contributed by atoms with Crippen LogP contribution >= 0.6 is 69.6 Å². The van der Waals surface area contributed by atoms with E-state index in [1.54, 1.807) is 42.5 Å². The van der Waals surface area contributed by atoms with Crippen LogP contribution in [0.1, 0.15) is 24.0 Å². The first-order valence-corrected chi connectivity index (χ1v) is 17.2. The van der Waals surface area contributed by atoms with Crippen molar-refractivity contribution in [2.75, 3.05) is 24.0 Å². The molecule has 1 atom stereocenters. The Hall–Kier alpha value is -3.77. The summed E-state index contributed by atoms with van der Waals surface area (Å²) in [7, 11) is 1.54. The van der Waals surface area contributed by atoms with Gasteiger partial charge in [-0.15, -0.1) is 0 Å². The highest BCUT2D eigenvalue weighted by molar-refractivity contribution is 6.57. The van der Waals surface area contributed by atoms with Crippen molar-refractivity contribution in [1.29, 1.82) is 0 Å². The Morgan fingerprint density at radius 2 is 1.58 bits per heavy atom. The van der Waals surface area contributed by atoms with Crippen LogP contribution in [-0.2, 0) is 9.59 Å². The fourth-order valence-corrected chi connectivity index (χ4v) is 6.25.